The van der Waals surface area contributed by atoms with Crippen LogP contribution in [0.15, 0.2) is 12.3 Å². The molecule has 0 saturated carbocycles. The fourth-order valence-corrected chi connectivity index (χ4v) is 2.51. The van der Waals surface area contributed by atoms with Crippen LogP contribution in [0.1, 0.15) is 33.6 Å². The summed E-state index contributed by atoms with van der Waals surface area (Å²) in [6, 6.07) is 2.96. The Hall–Kier alpha value is -1.33. The largest absolute Gasteiger partial charge is 0.365 e. The maximum Gasteiger partial charge on any atom is 0.226 e. The number of anilines is 1. The molecule has 0 aromatic carbocycles. The molecule has 0 aliphatic carbocycles. The van der Waals surface area contributed by atoms with Gasteiger partial charge in [-0.1, -0.05) is 13.8 Å². The van der Waals surface area contributed by atoms with Crippen LogP contribution in [0.4, 0.5) is 5.82 Å². The van der Waals surface area contributed by atoms with Crippen molar-refractivity contribution < 1.29 is 0 Å². The minimum atomic E-state index is 0.268. The molecule has 1 fully saturated rings. The van der Waals surface area contributed by atoms with Crippen molar-refractivity contribution in [2.75, 3.05) is 11.9 Å². The number of hydrogen-bond donors (Lipinski definition) is 3. The van der Waals surface area contributed by atoms with Crippen LogP contribution >= 0.6 is 11.6 Å². The average Bonchev–Trinajstić information content (AvgIpc) is 2.92. The molecule has 1 aliphatic rings. The van der Waals surface area contributed by atoms with E-state index in [1.54, 1.807) is 0 Å². The fraction of sp³-hybridized carbons (Fsp3) is 0.571. The van der Waals surface area contributed by atoms with Gasteiger partial charge in [0.15, 0.2) is 0 Å². The molecule has 3 rings (SSSR count). The van der Waals surface area contributed by atoms with Gasteiger partial charge in [0.1, 0.15) is 11.5 Å². The van der Waals surface area contributed by atoms with Gasteiger partial charge in [0.05, 0.1) is 5.39 Å². The van der Waals surface area contributed by atoms with Gasteiger partial charge in [-0.3, -0.25) is 0 Å². The van der Waals surface area contributed by atoms with Crippen molar-refractivity contribution in [1.29, 1.82) is 0 Å². The van der Waals surface area contributed by atoms with E-state index in [2.05, 4.69) is 32.5 Å². The molecule has 2 aromatic heterocycles. The predicted molar refractivity (Wildman–Crippen MR) is 84.4 cm³/mol. The Balaban J connectivity index is 0.000000704. The Labute approximate surface area is 124 Å². The summed E-state index contributed by atoms with van der Waals surface area (Å²) in [5.41, 5.74) is 0.773. The van der Waals surface area contributed by atoms with E-state index in [1.165, 1.54) is 6.42 Å². The van der Waals surface area contributed by atoms with Crippen LogP contribution in [-0.4, -0.2) is 33.6 Å². The standard InChI is InChI=1S/C12H16ClN5.C2H6/c1-7-2-3-8(6-15-7)16-11-9-4-5-14-10(9)17-12(13)18-11;1-2/h4-5,7-8,15H,2-3,6H2,1H3,(H2,14,16,17,18);1-2H3/t7-,8+;/m0./s1. The van der Waals surface area contributed by atoms with Crippen LogP contribution in [0.5, 0.6) is 0 Å². The Morgan fingerprint density at radius 1 is 1.30 bits per heavy atom. The summed E-state index contributed by atoms with van der Waals surface area (Å²) < 4.78 is 0. The van der Waals surface area contributed by atoms with Gasteiger partial charge in [-0.05, 0) is 37.4 Å². The van der Waals surface area contributed by atoms with Crippen LogP contribution in [-0.2, 0) is 0 Å². The van der Waals surface area contributed by atoms with Gasteiger partial charge in [-0.15, -0.1) is 0 Å². The van der Waals surface area contributed by atoms with E-state index in [4.69, 9.17) is 11.6 Å². The van der Waals surface area contributed by atoms with E-state index < -0.39 is 0 Å². The van der Waals surface area contributed by atoms with E-state index in [9.17, 15) is 0 Å². The number of hydrogen-bond acceptors (Lipinski definition) is 4. The summed E-state index contributed by atoms with van der Waals surface area (Å²) in [7, 11) is 0. The van der Waals surface area contributed by atoms with Gasteiger partial charge in [-0.25, -0.2) is 4.98 Å². The molecular weight excluding hydrogens is 274 g/mol. The first-order valence-electron chi connectivity index (χ1n) is 7.23. The van der Waals surface area contributed by atoms with Crippen LogP contribution in [0.3, 0.4) is 0 Å². The number of aromatic amines is 1. The molecule has 0 unspecified atom stereocenters. The highest BCUT2D eigenvalue weighted by atomic mass is 35.5. The second-order valence-corrected chi connectivity index (χ2v) is 5.15. The molecule has 110 valence electrons. The van der Waals surface area contributed by atoms with Gasteiger partial charge in [-0.2, -0.15) is 4.98 Å². The molecule has 0 spiro atoms. The maximum atomic E-state index is 5.92. The normalized spacial score (nSPS) is 22.2. The second kappa shape index (κ2) is 6.90. The summed E-state index contributed by atoms with van der Waals surface area (Å²) >= 11 is 5.92. The minimum Gasteiger partial charge on any atom is -0.365 e. The average molecular weight is 296 g/mol. The van der Waals surface area contributed by atoms with E-state index >= 15 is 0 Å². The Bertz CT molecular complexity index is 545. The van der Waals surface area contributed by atoms with Crippen molar-refractivity contribution >= 4 is 28.5 Å². The molecule has 0 amide bonds. The van der Waals surface area contributed by atoms with Crippen LogP contribution in [0.2, 0.25) is 5.28 Å². The molecule has 20 heavy (non-hydrogen) atoms. The van der Waals surface area contributed by atoms with Crippen molar-refractivity contribution in [3.8, 4) is 0 Å². The molecule has 0 radical (unpaired) electrons. The number of nitrogens with zero attached hydrogens (tertiary/aromatic N) is 2. The lowest BCUT2D eigenvalue weighted by atomic mass is 10.0. The zero-order chi connectivity index (χ0) is 14.5. The summed E-state index contributed by atoms with van der Waals surface area (Å²) in [6.07, 6.45) is 4.16. The quantitative estimate of drug-likeness (QED) is 0.745. The number of piperidine rings is 1. The topological polar surface area (TPSA) is 65.6 Å². The smallest absolute Gasteiger partial charge is 0.226 e. The summed E-state index contributed by atoms with van der Waals surface area (Å²) in [4.78, 5) is 11.5. The first kappa shape index (κ1) is 15.1. The number of halogens is 1. The molecule has 3 N–H and O–H groups in total. The van der Waals surface area contributed by atoms with Crippen molar-refractivity contribution in [2.24, 2.45) is 0 Å². The highest BCUT2D eigenvalue weighted by Crippen LogP contribution is 2.23. The minimum absolute atomic E-state index is 0.268. The second-order valence-electron chi connectivity index (χ2n) is 4.81. The van der Waals surface area contributed by atoms with Crippen LogP contribution in [0.25, 0.3) is 11.0 Å². The third-order valence-corrected chi connectivity index (χ3v) is 3.56. The number of rotatable bonds is 2. The molecule has 1 aliphatic heterocycles. The van der Waals surface area contributed by atoms with Gasteiger partial charge < -0.3 is 15.6 Å². The number of H-pyrrole nitrogens is 1. The van der Waals surface area contributed by atoms with Gasteiger partial charge in [0.25, 0.3) is 0 Å². The van der Waals surface area contributed by atoms with Gasteiger partial charge in [0.2, 0.25) is 5.28 Å². The van der Waals surface area contributed by atoms with Gasteiger partial charge in [0, 0.05) is 24.8 Å². The highest BCUT2D eigenvalue weighted by molar-refractivity contribution is 6.28. The molecule has 0 bridgehead atoms. The first-order valence-corrected chi connectivity index (χ1v) is 7.61. The zero-order valence-corrected chi connectivity index (χ0v) is 13.0. The molecule has 1 saturated heterocycles. The Morgan fingerprint density at radius 3 is 2.80 bits per heavy atom. The summed E-state index contributed by atoms with van der Waals surface area (Å²) in [5.74, 6) is 0.813. The predicted octanol–water partition coefficient (Wildman–Crippen LogP) is 3.19. The summed E-state index contributed by atoms with van der Waals surface area (Å²) in [5, 5.41) is 8.17. The van der Waals surface area contributed by atoms with Crippen molar-refractivity contribution in [3.05, 3.63) is 17.5 Å². The number of nitrogens with one attached hydrogen (secondary N) is 3. The molecule has 3 heterocycles. The van der Waals surface area contributed by atoms with Crippen LogP contribution in [0, 0.1) is 0 Å². The maximum absolute atomic E-state index is 5.92. The molecule has 5 nitrogen and oxygen atoms in total. The van der Waals surface area contributed by atoms with E-state index in [-0.39, 0.29) is 5.28 Å². The third kappa shape index (κ3) is 3.41. The molecule has 6 heteroatoms. The molecular formula is C14H22ClN5. The first-order chi connectivity index (χ1) is 9.72. The fourth-order valence-electron chi connectivity index (χ4n) is 2.34. The van der Waals surface area contributed by atoms with E-state index in [1.807, 2.05) is 26.1 Å². The SMILES string of the molecule is CC.C[C@H]1CC[C@@H](Nc2nc(Cl)nc3[nH]ccc23)CN1. The van der Waals surface area contributed by atoms with E-state index in [0.29, 0.717) is 12.1 Å². The summed E-state index contributed by atoms with van der Waals surface area (Å²) in [6.45, 7) is 7.16. The lowest BCUT2D eigenvalue weighted by Gasteiger charge is -2.28. The molecule has 2 aromatic rings. The van der Waals surface area contributed by atoms with Crippen molar-refractivity contribution in [2.45, 2.75) is 45.7 Å². The van der Waals surface area contributed by atoms with Gasteiger partial charge >= 0.3 is 0 Å². The molecule has 2 atom stereocenters. The Kier molecular flexibility index (Phi) is 5.20. The Morgan fingerprint density at radius 2 is 2.10 bits per heavy atom. The zero-order valence-electron chi connectivity index (χ0n) is 12.2. The van der Waals surface area contributed by atoms with E-state index in [0.717, 1.165) is 29.8 Å². The lowest BCUT2D eigenvalue weighted by Crippen LogP contribution is -2.43. The monoisotopic (exact) mass is 295 g/mol. The van der Waals surface area contributed by atoms with Crippen molar-refractivity contribution in [3.63, 3.8) is 0 Å². The van der Waals surface area contributed by atoms with Crippen molar-refractivity contribution in [1.82, 2.24) is 20.3 Å². The third-order valence-electron chi connectivity index (χ3n) is 3.39. The van der Waals surface area contributed by atoms with Crippen LogP contribution < -0.4 is 10.6 Å². The number of fused-ring (bicyclic) bond motifs is 1. The highest BCUT2D eigenvalue weighted by Gasteiger charge is 2.19. The lowest BCUT2D eigenvalue weighted by molar-refractivity contribution is 0.398. The number of aromatic nitrogens is 3.